The monoisotopic (exact) mass is 322 g/mol. The van der Waals surface area contributed by atoms with Crippen LogP contribution in [0.25, 0.3) is 0 Å². The number of rotatable bonds is 6. The zero-order chi connectivity index (χ0) is 13.7. The fourth-order valence-corrected chi connectivity index (χ4v) is 2.48. The summed E-state index contributed by atoms with van der Waals surface area (Å²) in [6.45, 7) is 3.36. The number of hydrogen-bond acceptors (Lipinski definition) is 2. The molecule has 19 heavy (non-hydrogen) atoms. The van der Waals surface area contributed by atoms with E-state index in [0.29, 0.717) is 6.61 Å². The van der Waals surface area contributed by atoms with Gasteiger partial charge in [0.2, 0.25) is 0 Å². The molecule has 1 heterocycles. The third kappa shape index (κ3) is 3.91. The first-order valence-electron chi connectivity index (χ1n) is 6.48. The summed E-state index contributed by atoms with van der Waals surface area (Å²) in [4.78, 5) is 0. The Morgan fingerprint density at radius 2 is 2.00 bits per heavy atom. The fraction of sp³-hybridized carbons (Fsp3) is 0.400. The molecule has 0 fully saturated rings. The summed E-state index contributed by atoms with van der Waals surface area (Å²) in [7, 11) is 1.94. The van der Waals surface area contributed by atoms with Gasteiger partial charge in [0.1, 0.15) is 0 Å². The number of aryl methyl sites for hydroxylation is 3. The average molecular weight is 323 g/mol. The molecule has 0 spiro atoms. The van der Waals surface area contributed by atoms with Gasteiger partial charge in [-0.3, -0.25) is 4.68 Å². The Labute approximate surface area is 122 Å². The molecule has 0 aliphatic rings. The van der Waals surface area contributed by atoms with Crippen LogP contribution in [0.3, 0.4) is 0 Å². The van der Waals surface area contributed by atoms with Crippen molar-refractivity contribution in [2.24, 2.45) is 7.05 Å². The van der Waals surface area contributed by atoms with Crippen molar-refractivity contribution in [1.82, 2.24) is 9.78 Å². The van der Waals surface area contributed by atoms with Gasteiger partial charge < -0.3 is 4.74 Å². The summed E-state index contributed by atoms with van der Waals surface area (Å²) in [6.07, 6.45) is 2.10. The highest BCUT2D eigenvalue weighted by molar-refractivity contribution is 9.10. The van der Waals surface area contributed by atoms with Crippen molar-refractivity contribution in [3.05, 3.63) is 51.8 Å². The predicted octanol–water partition coefficient (Wildman–Crippen LogP) is 3.64. The van der Waals surface area contributed by atoms with Gasteiger partial charge in [0.25, 0.3) is 0 Å². The average Bonchev–Trinajstić information content (AvgIpc) is 2.65. The smallest absolute Gasteiger partial charge is 0.0896 e. The molecule has 0 bridgehead atoms. The van der Waals surface area contributed by atoms with Gasteiger partial charge in [0.05, 0.1) is 22.5 Å². The van der Waals surface area contributed by atoms with E-state index in [1.807, 2.05) is 24.7 Å². The lowest BCUT2D eigenvalue weighted by Gasteiger charge is -2.05. The highest BCUT2D eigenvalue weighted by atomic mass is 79.9. The lowest BCUT2D eigenvalue weighted by atomic mass is 10.1. The number of hydrogen-bond donors (Lipinski definition) is 0. The molecule has 1 aromatic carbocycles. The van der Waals surface area contributed by atoms with Gasteiger partial charge in [0, 0.05) is 13.7 Å². The summed E-state index contributed by atoms with van der Waals surface area (Å²) in [5.74, 6) is 0. The second-order valence-electron chi connectivity index (χ2n) is 4.61. The molecule has 2 rings (SSSR count). The maximum Gasteiger partial charge on any atom is 0.0896 e. The summed E-state index contributed by atoms with van der Waals surface area (Å²) >= 11 is 3.54. The Balaban J connectivity index is 1.72. The third-order valence-corrected chi connectivity index (χ3v) is 4.13. The molecule has 0 unspecified atom stereocenters. The minimum atomic E-state index is 0.604. The Hall–Kier alpha value is -1.13. The maximum absolute atomic E-state index is 5.73. The first kappa shape index (κ1) is 14.3. The van der Waals surface area contributed by atoms with Crippen molar-refractivity contribution < 1.29 is 4.74 Å². The Morgan fingerprint density at radius 1 is 1.26 bits per heavy atom. The lowest BCUT2D eigenvalue weighted by Crippen LogP contribution is -2.03. The number of nitrogens with zero attached hydrogens (tertiary/aromatic N) is 2. The quantitative estimate of drug-likeness (QED) is 0.759. The van der Waals surface area contributed by atoms with E-state index in [-0.39, 0.29) is 0 Å². The van der Waals surface area contributed by atoms with E-state index in [1.54, 1.807) is 0 Å². The number of halogens is 1. The van der Waals surface area contributed by atoms with E-state index in [0.717, 1.165) is 35.3 Å². The summed E-state index contributed by atoms with van der Waals surface area (Å²) in [5.41, 5.74) is 3.46. The van der Waals surface area contributed by atoms with Crippen molar-refractivity contribution in [2.75, 3.05) is 6.61 Å². The molecule has 0 radical (unpaired) electrons. The van der Waals surface area contributed by atoms with Gasteiger partial charge >= 0.3 is 0 Å². The number of aromatic nitrogens is 2. The molecule has 0 aliphatic heterocycles. The molecule has 3 nitrogen and oxygen atoms in total. The minimum absolute atomic E-state index is 0.604. The zero-order valence-corrected chi connectivity index (χ0v) is 13.0. The summed E-state index contributed by atoms with van der Waals surface area (Å²) < 4.78 is 8.65. The Bertz CT molecular complexity index is 522. The topological polar surface area (TPSA) is 27.1 Å². The molecule has 0 saturated carbocycles. The van der Waals surface area contributed by atoms with Gasteiger partial charge in [-0.05, 0) is 41.3 Å². The molecule has 0 amide bonds. The molecule has 1 aromatic heterocycles. The third-order valence-electron chi connectivity index (χ3n) is 3.10. The molecule has 2 aromatic rings. The minimum Gasteiger partial charge on any atom is -0.375 e. The molecule has 0 N–H and O–H groups in total. The zero-order valence-electron chi connectivity index (χ0n) is 11.4. The molecular weight excluding hydrogens is 304 g/mol. The van der Waals surface area contributed by atoms with Crippen LogP contribution >= 0.6 is 15.9 Å². The van der Waals surface area contributed by atoms with Crippen molar-refractivity contribution in [1.29, 1.82) is 0 Å². The van der Waals surface area contributed by atoms with E-state index in [1.165, 1.54) is 5.56 Å². The largest absolute Gasteiger partial charge is 0.375 e. The predicted molar refractivity (Wildman–Crippen MR) is 80.1 cm³/mol. The highest BCUT2D eigenvalue weighted by Crippen LogP contribution is 2.20. The van der Waals surface area contributed by atoms with E-state index in [4.69, 9.17) is 4.74 Å². The molecule has 0 atom stereocenters. The van der Waals surface area contributed by atoms with E-state index < -0.39 is 0 Å². The fourth-order valence-electron chi connectivity index (χ4n) is 2.03. The van der Waals surface area contributed by atoms with Crippen LogP contribution in [0.4, 0.5) is 0 Å². The van der Waals surface area contributed by atoms with E-state index >= 15 is 0 Å². The summed E-state index contributed by atoms with van der Waals surface area (Å²) in [5, 5.41) is 4.35. The van der Waals surface area contributed by atoms with Gasteiger partial charge in [-0.1, -0.05) is 30.3 Å². The van der Waals surface area contributed by atoms with Crippen LogP contribution in [0.1, 0.15) is 23.4 Å². The van der Waals surface area contributed by atoms with Crippen LogP contribution in [0, 0.1) is 6.92 Å². The number of ether oxygens (including phenoxy) is 1. The Kier molecular flexibility index (Phi) is 5.16. The van der Waals surface area contributed by atoms with Crippen LogP contribution < -0.4 is 0 Å². The van der Waals surface area contributed by atoms with Crippen molar-refractivity contribution >= 4 is 15.9 Å². The van der Waals surface area contributed by atoms with E-state index in [9.17, 15) is 0 Å². The SMILES string of the molecule is Cc1nn(C)c(COCCCc2ccccc2)c1Br. The van der Waals surface area contributed by atoms with Gasteiger partial charge in [0.15, 0.2) is 0 Å². The van der Waals surface area contributed by atoms with Crippen molar-refractivity contribution in [3.8, 4) is 0 Å². The standard InChI is InChI=1S/C15H19BrN2O/c1-12-15(16)14(18(2)17-12)11-19-10-6-9-13-7-4-3-5-8-13/h3-5,7-8H,6,9-11H2,1-2H3. The first-order valence-corrected chi connectivity index (χ1v) is 7.27. The van der Waals surface area contributed by atoms with Crippen LogP contribution in [0.15, 0.2) is 34.8 Å². The van der Waals surface area contributed by atoms with Gasteiger partial charge in [-0.15, -0.1) is 0 Å². The molecule has 4 heteroatoms. The lowest BCUT2D eigenvalue weighted by molar-refractivity contribution is 0.113. The second kappa shape index (κ2) is 6.87. The van der Waals surface area contributed by atoms with Crippen LogP contribution in [-0.4, -0.2) is 16.4 Å². The number of benzene rings is 1. The maximum atomic E-state index is 5.73. The second-order valence-corrected chi connectivity index (χ2v) is 5.40. The van der Waals surface area contributed by atoms with Crippen LogP contribution in [0.2, 0.25) is 0 Å². The van der Waals surface area contributed by atoms with Crippen LogP contribution in [-0.2, 0) is 24.8 Å². The van der Waals surface area contributed by atoms with E-state index in [2.05, 4.69) is 45.3 Å². The highest BCUT2D eigenvalue weighted by Gasteiger charge is 2.09. The van der Waals surface area contributed by atoms with Gasteiger partial charge in [-0.2, -0.15) is 5.10 Å². The molecule has 0 saturated heterocycles. The molecule has 102 valence electrons. The molecule has 0 aliphatic carbocycles. The van der Waals surface area contributed by atoms with Gasteiger partial charge in [-0.25, -0.2) is 0 Å². The summed E-state index contributed by atoms with van der Waals surface area (Å²) in [6, 6.07) is 10.5. The van der Waals surface area contributed by atoms with Crippen LogP contribution in [0.5, 0.6) is 0 Å². The Morgan fingerprint density at radius 3 is 2.63 bits per heavy atom. The molecular formula is C15H19BrN2O. The van der Waals surface area contributed by atoms with Crippen molar-refractivity contribution in [3.63, 3.8) is 0 Å². The first-order chi connectivity index (χ1) is 9.18. The normalized spacial score (nSPS) is 10.9. The van der Waals surface area contributed by atoms with Crippen molar-refractivity contribution in [2.45, 2.75) is 26.4 Å².